The van der Waals surface area contributed by atoms with E-state index in [2.05, 4.69) is 6.92 Å². The van der Waals surface area contributed by atoms with E-state index in [1.54, 1.807) is 6.92 Å². The quantitative estimate of drug-likeness (QED) is 0.742. The number of benzene rings is 1. The summed E-state index contributed by atoms with van der Waals surface area (Å²) in [4.78, 5) is 0. The van der Waals surface area contributed by atoms with Gasteiger partial charge in [-0.1, -0.05) is 19.1 Å². The summed E-state index contributed by atoms with van der Waals surface area (Å²) in [6.45, 7) is 7.69. The molecule has 0 aliphatic heterocycles. The maximum Gasteiger partial charge on any atom is 0.125 e. The molecular weight excluding hydrogens is 216 g/mol. The van der Waals surface area contributed by atoms with Gasteiger partial charge in [0.1, 0.15) is 12.4 Å². The number of rotatable bonds is 7. The molecule has 0 saturated heterocycles. The maximum absolute atomic E-state index is 9.62. The first-order chi connectivity index (χ1) is 8.15. The Morgan fingerprint density at radius 3 is 2.65 bits per heavy atom. The average Bonchev–Trinajstić information content (AvgIpc) is 2.28. The first kappa shape index (κ1) is 14.0. The van der Waals surface area contributed by atoms with Crippen LogP contribution in [0, 0.1) is 6.92 Å². The molecule has 0 radical (unpaired) electrons. The highest BCUT2D eigenvalue weighted by Gasteiger charge is 2.09. The van der Waals surface area contributed by atoms with Crippen molar-refractivity contribution in [1.29, 1.82) is 0 Å². The van der Waals surface area contributed by atoms with Gasteiger partial charge in [0.15, 0.2) is 0 Å². The summed E-state index contributed by atoms with van der Waals surface area (Å²) < 4.78 is 11.0. The Morgan fingerprint density at radius 1 is 1.24 bits per heavy atom. The van der Waals surface area contributed by atoms with E-state index in [0.717, 1.165) is 29.9 Å². The lowest BCUT2D eigenvalue weighted by Crippen LogP contribution is -2.09. The third kappa shape index (κ3) is 4.75. The molecule has 1 N–H and O–H groups in total. The molecule has 3 heteroatoms. The molecule has 1 aromatic carbocycles. The lowest BCUT2D eigenvalue weighted by Gasteiger charge is -2.14. The SMILES string of the molecule is CCCOCCOc1cc(C)ccc1C(C)O. The van der Waals surface area contributed by atoms with Crippen LogP contribution in [-0.2, 0) is 4.74 Å². The Kier molecular flexibility index (Phi) is 6.01. The number of aliphatic hydroxyl groups is 1. The normalized spacial score (nSPS) is 12.5. The maximum atomic E-state index is 9.62. The van der Waals surface area contributed by atoms with Crippen molar-refractivity contribution in [2.75, 3.05) is 19.8 Å². The molecule has 1 rings (SSSR count). The monoisotopic (exact) mass is 238 g/mol. The standard InChI is InChI=1S/C14H22O3/c1-4-7-16-8-9-17-14-10-11(2)5-6-13(14)12(3)15/h5-6,10,12,15H,4,7-9H2,1-3H3. The van der Waals surface area contributed by atoms with Crippen molar-refractivity contribution >= 4 is 0 Å². The van der Waals surface area contributed by atoms with Crippen LogP contribution in [0.3, 0.4) is 0 Å². The number of hydrogen-bond donors (Lipinski definition) is 1. The predicted molar refractivity (Wildman–Crippen MR) is 68.4 cm³/mol. The van der Waals surface area contributed by atoms with Crippen molar-refractivity contribution in [1.82, 2.24) is 0 Å². The van der Waals surface area contributed by atoms with Gasteiger partial charge in [-0.3, -0.25) is 0 Å². The second kappa shape index (κ2) is 7.30. The molecule has 1 aromatic rings. The van der Waals surface area contributed by atoms with Crippen LogP contribution < -0.4 is 4.74 Å². The Morgan fingerprint density at radius 2 is 2.00 bits per heavy atom. The van der Waals surface area contributed by atoms with Gasteiger partial charge in [0.25, 0.3) is 0 Å². The summed E-state index contributed by atoms with van der Waals surface area (Å²) in [6.07, 6.45) is 0.505. The van der Waals surface area contributed by atoms with Crippen LogP contribution in [-0.4, -0.2) is 24.9 Å². The lowest BCUT2D eigenvalue weighted by molar-refractivity contribution is 0.0986. The molecular formula is C14H22O3. The Hall–Kier alpha value is -1.06. The zero-order valence-electron chi connectivity index (χ0n) is 10.9. The van der Waals surface area contributed by atoms with Crippen molar-refractivity contribution in [2.24, 2.45) is 0 Å². The van der Waals surface area contributed by atoms with Gasteiger partial charge in [-0.25, -0.2) is 0 Å². The molecule has 96 valence electrons. The second-order valence-corrected chi connectivity index (χ2v) is 4.18. The molecule has 0 bridgehead atoms. The highest BCUT2D eigenvalue weighted by Crippen LogP contribution is 2.26. The third-order valence-electron chi connectivity index (χ3n) is 2.45. The number of ether oxygens (including phenoxy) is 2. The topological polar surface area (TPSA) is 38.7 Å². The summed E-state index contributed by atoms with van der Waals surface area (Å²) in [5.41, 5.74) is 1.95. The van der Waals surface area contributed by atoms with Gasteiger partial charge in [0, 0.05) is 12.2 Å². The predicted octanol–water partition coefficient (Wildman–Crippen LogP) is 2.85. The van der Waals surface area contributed by atoms with Gasteiger partial charge in [-0.15, -0.1) is 0 Å². The zero-order chi connectivity index (χ0) is 12.7. The van der Waals surface area contributed by atoms with Crippen LogP contribution in [0.15, 0.2) is 18.2 Å². The molecule has 0 heterocycles. The molecule has 0 saturated carbocycles. The molecule has 0 aliphatic rings. The summed E-state index contributed by atoms with van der Waals surface area (Å²) in [7, 11) is 0. The molecule has 0 amide bonds. The molecule has 17 heavy (non-hydrogen) atoms. The smallest absolute Gasteiger partial charge is 0.125 e. The number of aliphatic hydroxyl groups excluding tert-OH is 1. The van der Waals surface area contributed by atoms with Crippen LogP contribution in [0.25, 0.3) is 0 Å². The lowest BCUT2D eigenvalue weighted by atomic mass is 10.1. The highest BCUT2D eigenvalue weighted by molar-refractivity contribution is 5.38. The fourth-order valence-electron chi connectivity index (χ4n) is 1.57. The van der Waals surface area contributed by atoms with E-state index in [4.69, 9.17) is 9.47 Å². The summed E-state index contributed by atoms with van der Waals surface area (Å²) >= 11 is 0. The number of aryl methyl sites for hydroxylation is 1. The molecule has 0 fully saturated rings. The first-order valence-electron chi connectivity index (χ1n) is 6.14. The molecule has 3 nitrogen and oxygen atoms in total. The van der Waals surface area contributed by atoms with E-state index in [9.17, 15) is 5.11 Å². The zero-order valence-corrected chi connectivity index (χ0v) is 10.9. The van der Waals surface area contributed by atoms with Crippen molar-refractivity contribution < 1.29 is 14.6 Å². The van der Waals surface area contributed by atoms with Gasteiger partial charge >= 0.3 is 0 Å². The van der Waals surface area contributed by atoms with Gasteiger partial charge in [-0.2, -0.15) is 0 Å². The van der Waals surface area contributed by atoms with E-state index >= 15 is 0 Å². The third-order valence-corrected chi connectivity index (χ3v) is 2.45. The van der Waals surface area contributed by atoms with Gasteiger partial charge < -0.3 is 14.6 Å². The van der Waals surface area contributed by atoms with Gasteiger partial charge in [0.05, 0.1) is 12.7 Å². The molecule has 1 unspecified atom stereocenters. The van der Waals surface area contributed by atoms with Crippen LogP contribution in [0.1, 0.15) is 37.5 Å². The molecule has 0 spiro atoms. The van der Waals surface area contributed by atoms with Crippen molar-refractivity contribution in [2.45, 2.75) is 33.3 Å². The second-order valence-electron chi connectivity index (χ2n) is 4.18. The minimum absolute atomic E-state index is 0.512. The first-order valence-corrected chi connectivity index (χ1v) is 6.14. The van der Waals surface area contributed by atoms with E-state index in [0.29, 0.717) is 13.2 Å². The summed E-state index contributed by atoms with van der Waals surface area (Å²) in [5, 5.41) is 9.62. The Labute approximate surface area is 103 Å². The fraction of sp³-hybridized carbons (Fsp3) is 0.571. The average molecular weight is 238 g/mol. The van der Waals surface area contributed by atoms with E-state index in [1.165, 1.54) is 0 Å². The Balaban J connectivity index is 2.53. The van der Waals surface area contributed by atoms with Crippen LogP contribution in [0.2, 0.25) is 0 Å². The minimum Gasteiger partial charge on any atom is -0.491 e. The van der Waals surface area contributed by atoms with Gasteiger partial charge in [0.2, 0.25) is 0 Å². The Bertz CT molecular complexity index is 334. The van der Waals surface area contributed by atoms with E-state index < -0.39 is 6.10 Å². The van der Waals surface area contributed by atoms with Crippen LogP contribution >= 0.6 is 0 Å². The van der Waals surface area contributed by atoms with Crippen molar-refractivity contribution in [3.63, 3.8) is 0 Å². The molecule has 0 aromatic heterocycles. The van der Waals surface area contributed by atoms with Crippen LogP contribution in [0.5, 0.6) is 5.75 Å². The van der Waals surface area contributed by atoms with Gasteiger partial charge in [-0.05, 0) is 31.9 Å². The highest BCUT2D eigenvalue weighted by atomic mass is 16.5. The summed E-state index contributed by atoms with van der Waals surface area (Å²) in [6, 6.07) is 5.83. The van der Waals surface area contributed by atoms with E-state index in [1.807, 2.05) is 25.1 Å². The van der Waals surface area contributed by atoms with Crippen molar-refractivity contribution in [3.8, 4) is 5.75 Å². The minimum atomic E-state index is -0.512. The summed E-state index contributed by atoms with van der Waals surface area (Å²) in [5.74, 6) is 0.750. The fourth-order valence-corrected chi connectivity index (χ4v) is 1.57. The number of hydrogen-bond acceptors (Lipinski definition) is 3. The van der Waals surface area contributed by atoms with E-state index in [-0.39, 0.29) is 0 Å². The largest absolute Gasteiger partial charge is 0.491 e. The van der Waals surface area contributed by atoms with Crippen LogP contribution in [0.4, 0.5) is 0 Å². The van der Waals surface area contributed by atoms with Crippen molar-refractivity contribution in [3.05, 3.63) is 29.3 Å². The molecule has 1 atom stereocenters. The molecule has 0 aliphatic carbocycles.